The Morgan fingerprint density at radius 3 is 2.82 bits per heavy atom. The molecule has 0 bridgehead atoms. The molecular weight excluding hydrogens is 224 g/mol. The topological polar surface area (TPSA) is 25.2 Å². The number of hydrogen-bond donors (Lipinski definition) is 1. The van der Waals surface area contributed by atoms with E-state index in [2.05, 4.69) is 5.32 Å². The second-order valence-corrected chi connectivity index (χ2v) is 4.09. The van der Waals surface area contributed by atoms with Gasteiger partial charge in [-0.1, -0.05) is 6.92 Å². The molecule has 1 atom stereocenters. The van der Waals surface area contributed by atoms with Crippen molar-refractivity contribution in [1.29, 1.82) is 0 Å². The summed E-state index contributed by atoms with van der Waals surface area (Å²) in [4.78, 5) is 0. The van der Waals surface area contributed by atoms with E-state index in [9.17, 15) is 8.78 Å². The van der Waals surface area contributed by atoms with Gasteiger partial charge < -0.3 is 9.73 Å². The van der Waals surface area contributed by atoms with Crippen LogP contribution < -0.4 is 5.32 Å². The van der Waals surface area contributed by atoms with Crippen LogP contribution in [0.25, 0.3) is 11.0 Å². The Morgan fingerprint density at radius 2 is 2.18 bits per heavy atom. The van der Waals surface area contributed by atoms with Crippen LogP contribution in [0.2, 0.25) is 0 Å². The molecule has 1 heterocycles. The van der Waals surface area contributed by atoms with Crippen molar-refractivity contribution >= 4 is 11.0 Å². The number of rotatable bonds is 4. The molecule has 0 aliphatic carbocycles. The number of halogens is 2. The highest BCUT2D eigenvalue weighted by Crippen LogP contribution is 2.26. The molecule has 1 N–H and O–H groups in total. The van der Waals surface area contributed by atoms with Gasteiger partial charge in [-0.3, -0.25) is 0 Å². The molecule has 2 nitrogen and oxygen atoms in total. The molecule has 0 unspecified atom stereocenters. The van der Waals surface area contributed by atoms with Crippen LogP contribution in [-0.2, 0) is 6.42 Å². The van der Waals surface area contributed by atoms with E-state index < -0.39 is 11.6 Å². The van der Waals surface area contributed by atoms with E-state index in [-0.39, 0.29) is 17.0 Å². The molecule has 0 spiro atoms. The Balaban J connectivity index is 2.43. The Bertz CT molecular complexity index is 517. The van der Waals surface area contributed by atoms with E-state index in [4.69, 9.17) is 4.42 Å². The highest BCUT2D eigenvalue weighted by atomic mass is 19.1. The number of likely N-dealkylation sites (N-methyl/N-ethyl adjacent to an activating group) is 1. The maximum Gasteiger partial charge on any atom is 0.172 e. The fourth-order valence-corrected chi connectivity index (χ4v) is 1.97. The lowest BCUT2D eigenvalue weighted by atomic mass is 10.0. The molecule has 4 heteroatoms. The number of fused-ring (bicyclic) bond motifs is 1. The normalized spacial score (nSPS) is 13.2. The minimum atomic E-state index is -0.458. The molecule has 0 radical (unpaired) electrons. The molecule has 17 heavy (non-hydrogen) atoms. The first kappa shape index (κ1) is 12.0. The second-order valence-electron chi connectivity index (χ2n) is 4.09. The van der Waals surface area contributed by atoms with Gasteiger partial charge in [0.05, 0.1) is 11.6 Å². The lowest BCUT2D eigenvalue weighted by Gasteiger charge is -2.14. The molecule has 0 aliphatic rings. The van der Waals surface area contributed by atoms with Gasteiger partial charge in [-0.2, -0.15) is 0 Å². The van der Waals surface area contributed by atoms with E-state index in [1.54, 1.807) is 0 Å². The third-order valence-corrected chi connectivity index (χ3v) is 3.07. The van der Waals surface area contributed by atoms with Gasteiger partial charge in [0.2, 0.25) is 0 Å². The standard InChI is InChI=1S/C13H15F2NO/c1-3-9(16-2)6-8-7-11(14)10-4-5-17-13(10)12(8)15/h4-5,7,9,16H,3,6H2,1-2H3/t9-/m1/s1. The van der Waals surface area contributed by atoms with Crippen LogP contribution in [0.5, 0.6) is 0 Å². The Labute approximate surface area is 98.6 Å². The van der Waals surface area contributed by atoms with E-state index in [1.807, 2.05) is 14.0 Å². The van der Waals surface area contributed by atoms with Crippen LogP contribution in [0, 0.1) is 11.6 Å². The van der Waals surface area contributed by atoms with Gasteiger partial charge >= 0.3 is 0 Å². The van der Waals surface area contributed by atoms with Crippen LogP contribution in [0.15, 0.2) is 22.8 Å². The number of hydrogen-bond acceptors (Lipinski definition) is 2. The summed E-state index contributed by atoms with van der Waals surface area (Å²) in [6.45, 7) is 2.00. The molecule has 1 aromatic carbocycles. The monoisotopic (exact) mass is 239 g/mol. The molecule has 2 rings (SSSR count). The lowest BCUT2D eigenvalue weighted by Crippen LogP contribution is -2.27. The average Bonchev–Trinajstić information content (AvgIpc) is 2.81. The van der Waals surface area contributed by atoms with E-state index in [1.165, 1.54) is 18.4 Å². The van der Waals surface area contributed by atoms with Gasteiger partial charge in [0.25, 0.3) is 0 Å². The van der Waals surface area contributed by atoms with Gasteiger partial charge in [0.15, 0.2) is 11.4 Å². The SMILES string of the molecule is CC[C@H](Cc1cc(F)c2ccoc2c1F)NC. The molecule has 2 aromatic rings. The molecule has 0 aliphatic heterocycles. The van der Waals surface area contributed by atoms with Crippen LogP contribution in [-0.4, -0.2) is 13.1 Å². The summed E-state index contributed by atoms with van der Waals surface area (Å²) >= 11 is 0. The Morgan fingerprint density at radius 1 is 1.41 bits per heavy atom. The Hall–Kier alpha value is -1.42. The highest BCUT2D eigenvalue weighted by molar-refractivity contribution is 5.79. The minimum Gasteiger partial charge on any atom is -0.461 e. The quantitative estimate of drug-likeness (QED) is 0.886. The van der Waals surface area contributed by atoms with Crippen molar-refractivity contribution in [2.45, 2.75) is 25.8 Å². The zero-order valence-electron chi connectivity index (χ0n) is 9.89. The lowest BCUT2D eigenvalue weighted by molar-refractivity contribution is 0.508. The number of benzene rings is 1. The third kappa shape index (κ3) is 2.17. The molecule has 0 saturated carbocycles. The molecule has 0 saturated heterocycles. The van der Waals surface area contributed by atoms with Crippen molar-refractivity contribution in [2.24, 2.45) is 0 Å². The predicted octanol–water partition coefficient (Wildman–Crippen LogP) is 3.25. The highest BCUT2D eigenvalue weighted by Gasteiger charge is 2.16. The van der Waals surface area contributed by atoms with Gasteiger partial charge in [0, 0.05) is 6.04 Å². The first-order chi connectivity index (χ1) is 8.17. The zero-order chi connectivity index (χ0) is 12.4. The summed E-state index contributed by atoms with van der Waals surface area (Å²) in [6.07, 6.45) is 2.61. The van der Waals surface area contributed by atoms with Gasteiger partial charge in [-0.15, -0.1) is 0 Å². The van der Waals surface area contributed by atoms with Crippen molar-refractivity contribution in [2.75, 3.05) is 7.05 Å². The largest absolute Gasteiger partial charge is 0.461 e. The van der Waals surface area contributed by atoms with Gasteiger partial charge in [-0.05, 0) is 37.6 Å². The molecule has 1 aromatic heterocycles. The number of furan rings is 1. The van der Waals surface area contributed by atoms with Crippen molar-refractivity contribution in [3.63, 3.8) is 0 Å². The second kappa shape index (κ2) is 4.84. The summed E-state index contributed by atoms with van der Waals surface area (Å²) in [5.74, 6) is -0.892. The molecule has 92 valence electrons. The molecule has 0 amide bonds. The summed E-state index contributed by atoms with van der Waals surface area (Å²) in [6, 6.07) is 2.83. The average molecular weight is 239 g/mol. The van der Waals surface area contributed by atoms with E-state index in [0.29, 0.717) is 12.0 Å². The molecular formula is C13H15F2NO. The Kier molecular flexibility index (Phi) is 3.43. The fourth-order valence-electron chi connectivity index (χ4n) is 1.97. The summed E-state index contributed by atoms with van der Waals surface area (Å²) in [5.41, 5.74) is 0.358. The maximum absolute atomic E-state index is 14.0. The van der Waals surface area contributed by atoms with Crippen LogP contribution >= 0.6 is 0 Å². The van der Waals surface area contributed by atoms with Crippen LogP contribution in [0.1, 0.15) is 18.9 Å². The van der Waals surface area contributed by atoms with E-state index in [0.717, 1.165) is 6.42 Å². The summed E-state index contributed by atoms with van der Waals surface area (Å²) in [7, 11) is 1.81. The van der Waals surface area contributed by atoms with Gasteiger partial charge in [-0.25, -0.2) is 8.78 Å². The zero-order valence-corrected chi connectivity index (χ0v) is 9.89. The first-order valence-electron chi connectivity index (χ1n) is 5.68. The van der Waals surface area contributed by atoms with Gasteiger partial charge in [0.1, 0.15) is 5.82 Å². The smallest absolute Gasteiger partial charge is 0.172 e. The molecule has 0 fully saturated rings. The van der Waals surface area contributed by atoms with Crippen LogP contribution in [0.4, 0.5) is 8.78 Å². The third-order valence-electron chi connectivity index (χ3n) is 3.07. The number of nitrogens with one attached hydrogen (secondary N) is 1. The van der Waals surface area contributed by atoms with Crippen molar-refractivity contribution < 1.29 is 13.2 Å². The van der Waals surface area contributed by atoms with E-state index >= 15 is 0 Å². The van der Waals surface area contributed by atoms with Crippen molar-refractivity contribution in [1.82, 2.24) is 5.32 Å². The van der Waals surface area contributed by atoms with Crippen molar-refractivity contribution in [3.05, 3.63) is 35.6 Å². The maximum atomic E-state index is 14.0. The predicted molar refractivity (Wildman–Crippen MR) is 63.0 cm³/mol. The van der Waals surface area contributed by atoms with Crippen LogP contribution in [0.3, 0.4) is 0 Å². The summed E-state index contributed by atoms with van der Waals surface area (Å²) in [5, 5.41) is 3.27. The first-order valence-corrected chi connectivity index (χ1v) is 5.68. The van der Waals surface area contributed by atoms with Crippen molar-refractivity contribution in [3.8, 4) is 0 Å². The fraction of sp³-hybridized carbons (Fsp3) is 0.385. The minimum absolute atomic E-state index is 0.00551. The summed E-state index contributed by atoms with van der Waals surface area (Å²) < 4.78 is 32.7.